The van der Waals surface area contributed by atoms with Crippen molar-refractivity contribution in [1.82, 2.24) is 0 Å². The number of rotatable bonds is 7. The first kappa shape index (κ1) is 14.6. The van der Waals surface area contributed by atoms with Crippen LogP contribution in [-0.2, 0) is 17.8 Å². The standard InChI is InChI=1S/C18H22O2/c1-15(11-17-9-6-10-18(12-17)19-2)13-20-14-16-7-4-3-5-8-16/h3-10,12,15H,11,13-14H2,1-2H3. The van der Waals surface area contributed by atoms with E-state index in [9.17, 15) is 0 Å². The van der Waals surface area contributed by atoms with Crippen molar-refractivity contribution < 1.29 is 9.47 Å². The molecule has 0 spiro atoms. The van der Waals surface area contributed by atoms with Gasteiger partial charge in [0.15, 0.2) is 0 Å². The topological polar surface area (TPSA) is 18.5 Å². The molecule has 0 aromatic heterocycles. The van der Waals surface area contributed by atoms with E-state index in [2.05, 4.69) is 31.2 Å². The zero-order valence-electron chi connectivity index (χ0n) is 12.2. The third kappa shape index (κ3) is 4.71. The molecule has 1 atom stereocenters. The normalized spacial score (nSPS) is 12.1. The summed E-state index contributed by atoms with van der Waals surface area (Å²) in [5, 5.41) is 0. The van der Waals surface area contributed by atoms with Crippen LogP contribution in [0.2, 0.25) is 0 Å². The second kappa shape index (κ2) is 7.71. The molecule has 2 nitrogen and oxygen atoms in total. The summed E-state index contributed by atoms with van der Waals surface area (Å²) in [6, 6.07) is 18.5. The van der Waals surface area contributed by atoms with Crippen LogP contribution < -0.4 is 4.74 Å². The number of methoxy groups -OCH3 is 1. The quantitative estimate of drug-likeness (QED) is 0.754. The minimum atomic E-state index is 0.491. The van der Waals surface area contributed by atoms with Crippen molar-refractivity contribution in [2.75, 3.05) is 13.7 Å². The van der Waals surface area contributed by atoms with E-state index >= 15 is 0 Å². The van der Waals surface area contributed by atoms with Gasteiger partial charge < -0.3 is 9.47 Å². The molecule has 0 aliphatic heterocycles. The summed E-state index contributed by atoms with van der Waals surface area (Å²) in [6.45, 7) is 3.67. The summed E-state index contributed by atoms with van der Waals surface area (Å²) in [7, 11) is 1.70. The molecule has 106 valence electrons. The lowest BCUT2D eigenvalue weighted by molar-refractivity contribution is 0.0921. The van der Waals surface area contributed by atoms with Crippen molar-refractivity contribution in [3.8, 4) is 5.75 Å². The predicted molar refractivity (Wildman–Crippen MR) is 82.0 cm³/mol. The van der Waals surface area contributed by atoms with Crippen LogP contribution in [0.5, 0.6) is 5.75 Å². The van der Waals surface area contributed by atoms with Crippen LogP contribution in [0.3, 0.4) is 0 Å². The van der Waals surface area contributed by atoms with Crippen LogP contribution in [0.15, 0.2) is 54.6 Å². The Labute approximate surface area is 121 Å². The lowest BCUT2D eigenvalue weighted by Crippen LogP contribution is -2.09. The molecular formula is C18H22O2. The van der Waals surface area contributed by atoms with Gasteiger partial charge >= 0.3 is 0 Å². The molecule has 2 rings (SSSR count). The van der Waals surface area contributed by atoms with E-state index in [1.165, 1.54) is 11.1 Å². The van der Waals surface area contributed by atoms with Crippen LogP contribution in [0.4, 0.5) is 0 Å². The minimum Gasteiger partial charge on any atom is -0.497 e. The Hall–Kier alpha value is -1.80. The highest BCUT2D eigenvalue weighted by Crippen LogP contribution is 2.16. The van der Waals surface area contributed by atoms with Crippen LogP contribution >= 0.6 is 0 Å². The average molecular weight is 270 g/mol. The van der Waals surface area contributed by atoms with Crippen molar-refractivity contribution in [1.29, 1.82) is 0 Å². The molecule has 1 unspecified atom stereocenters. The molecule has 20 heavy (non-hydrogen) atoms. The van der Waals surface area contributed by atoms with Gasteiger partial charge in [0.25, 0.3) is 0 Å². The second-order valence-corrected chi connectivity index (χ2v) is 5.16. The van der Waals surface area contributed by atoms with Gasteiger partial charge in [0.05, 0.1) is 13.7 Å². The number of benzene rings is 2. The molecule has 0 amide bonds. The maximum atomic E-state index is 5.78. The minimum absolute atomic E-state index is 0.491. The van der Waals surface area contributed by atoms with E-state index < -0.39 is 0 Å². The predicted octanol–water partition coefficient (Wildman–Crippen LogP) is 4.09. The van der Waals surface area contributed by atoms with Gasteiger partial charge in [0, 0.05) is 6.61 Å². The fraction of sp³-hybridized carbons (Fsp3) is 0.333. The Balaban J connectivity index is 1.76. The monoisotopic (exact) mass is 270 g/mol. The molecule has 0 aliphatic carbocycles. The molecule has 0 bridgehead atoms. The summed E-state index contributed by atoms with van der Waals surface area (Å²) in [5.41, 5.74) is 2.52. The maximum Gasteiger partial charge on any atom is 0.119 e. The summed E-state index contributed by atoms with van der Waals surface area (Å²) < 4.78 is 11.0. The molecule has 0 saturated carbocycles. The largest absolute Gasteiger partial charge is 0.497 e. The van der Waals surface area contributed by atoms with E-state index in [1.807, 2.05) is 30.3 Å². The van der Waals surface area contributed by atoms with Crippen molar-refractivity contribution in [2.24, 2.45) is 5.92 Å². The van der Waals surface area contributed by atoms with Crippen LogP contribution in [0.25, 0.3) is 0 Å². The fourth-order valence-corrected chi connectivity index (χ4v) is 2.21. The van der Waals surface area contributed by atoms with E-state index in [4.69, 9.17) is 9.47 Å². The van der Waals surface area contributed by atoms with Crippen LogP contribution in [0, 0.1) is 5.92 Å². The van der Waals surface area contributed by atoms with Gasteiger partial charge in [-0.3, -0.25) is 0 Å². The lowest BCUT2D eigenvalue weighted by atomic mass is 10.0. The number of ether oxygens (including phenoxy) is 2. The van der Waals surface area contributed by atoms with Gasteiger partial charge in [-0.05, 0) is 35.6 Å². The number of hydrogen-bond acceptors (Lipinski definition) is 2. The smallest absolute Gasteiger partial charge is 0.119 e. The Kier molecular flexibility index (Phi) is 5.63. The first-order chi connectivity index (χ1) is 9.78. The Morgan fingerprint density at radius 1 is 0.950 bits per heavy atom. The molecule has 0 aliphatic rings. The molecule has 0 fully saturated rings. The average Bonchev–Trinajstić information content (AvgIpc) is 2.48. The first-order valence-electron chi connectivity index (χ1n) is 7.02. The maximum absolute atomic E-state index is 5.78. The molecule has 2 aromatic rings. The summed E-state index contributed by atoms with van der Waals surface area (Å²) >= 11 is 0. The summed E-state index contributed by atoms with van der Waals surface area (Å²) in [6.07, 6.45) is 1.01. The SMILES string of the molecule is COc1cccc(CC(C)COCc2ccccc2)c1. The molecule has 2 heteroatoms. The van der Waals surface area contributed by atoms with Gasteiger partial charge in [-0.2, -0.15) is 0 Å². The summed E-state index contributed by atoms with van der Waals surface area (Å²) in [5.74, 6) is 1.41. The molecule has 0 N–H and O–H groups in total. The van der Waals surface area contributed by atoms with Gasteiger partial charge in [-0.1, -0.05) is 49.4 Å². The first-order valence-corrected chi connectivity index (χ1v) is 7.02. The number of hydrogen-bond donors (Lipinski definition) is 0. The zero-order chi connectivity index (χ0) is 14.2. The Morgan fingerprint density at radius 2 is 1.70 bits per heavy atom. The van der Waals surface area contributed by atoms with Crippen LogP contribution in [0.1, 0.15) is 18.1 Å². The molecule has 2 aromatic carbocycles. The van der Waals surface area contributed by atoms with Crippen molar-refractivity contribution in [3.05, 3.63) is 65.7 Å². The van der Waals surface area contributed by atoms with Crippen molar-refractivity contribution >= 4 is 0 Å². The third-order valence-corrected chi connectivity index (χ3v) is 3.23. The zero-order valence-corrected chi connectivity index (χ0v) is 12.2. The van der Waals surface area contributed by atoms with E-state index in [0.29, 0.717) is 12.5 Å². The van der Waals surface area contributed by atoms with Gasteiger partial charge in [0.1, 0.15) is 5.75 Å². The van der Waals surface area contributed by atoms with Crippen molar-refractivity contribution in [3.63, 3.8) is 0 Å². The summed E-state index contributed by atoms with van der Waals surface area (Å²) in [4.78, 5) is 0. The molecule has 0 radical (unpaired) electrons. The Bertz CT molecular complexity index is 508. The van der Waals surface area contributed by atoms with Crippen LogP contribution in [-0.4, -0.2) is 13.7 Å². The molecule has 0 saturated heterocycles. The van der Waals surface area contributed by atoms with Crippen molar-refractivity contribution in [2.45, 2.75) is 20.0 Å². The van der Waals surface area contributed by atoms with E-state index in [0.717, 1.165) is 18.8 Å². The van der Waals surface area contributed by atoms with Gasteiger partial charge in [-0.25, -0.2) is 0 Å². The lowest BCUT2D eigenvalue weighted by Gasteiger charge is -2.13. The highest BCUT2D eigenvalue weighted by molar-refractivity contribution is 5.28. The highest BCUT2D eigenvalue weighted by Gasteiger charge is 2.05. The highest BCUT2D eigenvalue weighted by atomic mass is 16.5. The van der Waals surface area contributed by atoms with Gasteiger partial charge in [0.2, 0.25) is 0 Å². The third-order valence-electron chi connectivity index (χ3n) is 3.23. The van der Waals surface area contributed by atoms with E-state index in [1.54, 1.807) is 7.11 Å². The second-order valence-electron chi connectivity index (χ2n) is 5.16. The van der Waals surface area contributed by atoms with E-state index in [-0.39, 0.29) is 0 Å². The molecular weight excluding hydrogens is 248 g/mol. The molecule has 0 heterocycles. The Morgan fingerprint density at radius 3 is 2.45 bits per heavy atom. The fourth-order valence-electron chi connectivity index (χ4n) is 2.21. The van der Waals surface area contributed by atoms with Gasteiger partial charge in [-0.15, -0.1) is 0 Å².